The van der Waals surface area contributed by atoms with Gasteiger partial charge in [0.25, 0.3) is 0 Å². The standard InChI is InChI=1S/C16H16Cl2N2/c1-12(2)10-20(11-13-4-3-7-19-9-13)16-6-5-14(17)8-15(16)18/h3-9H,1,10-11H2,2H3. The minimum Gasteiger partial charge on any atom is -0.362 e. The number of nitrogens with zero attached hydrogens (tertiary/aromatic N) is 2. The zero-order chi connectivity index (χ0) is 14.5. The number of hydrogen-bond acceptors (Lipinski definition) is 2. The van der Waals surface area contributed by atoms with Gasteiger partial charge in [-0.2, -0.15) is 0 Å². The number of rotatable bonds is 5. The van der Waals surface area contributed by atoms with Crippen molar-refractivity contribution in [1.82, 2.24) is 4.98 Å². The second kappa shape index (κ2) is 6.78. The van der Waals surface area contributed by atoms with Gasteiger partial charge < -0.3 is 4.90 Å². The summed E-state index contributed by atoms with van der Waals surface area (Å²) in [4.78, 5) is 6.31. The molecule has 1 aromatic heterocycles. The Kier molecular flexibility index (Phi) is 5.05. The molecule has 0 radical (unpaired) electrons. The molecular weight excluding hydrogens is 291 g/mol. The van der Waals surface area contributed by atoms with E-state index in [9.17, 15) is 0 Å². The highest BCUT2D eigenvalue weighted by Gasteiger charge is 2.12. The van der Waals surface area contributed by atoms with Gasteiger partial charge >= 0.3 is 0 Å². The van der Waals surface area contributed by atoms with Crippen molar-refractivity contribution in [1.29, 1.82) is 0 Å². The molecule has 0 saturated carbocycles. The van der Waals surface area contributed by atoms with Crippen LogP contribution in [0.25, 0.3) is 0 Å². The van der Waals surface area contributed by atoms with E-state index in [-0.39, 0.29) is 0 Å². The smallest absolute Gasteiger partial charge is 0.0654 e. The Balaban J connectivity index is 2.29. The van der Waals surface area contributed by atoms with E-state index in [1.807, 2.05) is 37.4 Å². The van der Waals surface area contributed by atoms with Crippen molar-refractivity contribution in [3.8, 4) is 0 Å². The average Bonchev–Trinajstić information content (AvgIpc) is 2.38. The molecule has 0 N–H and O–H groups in total. The fraction of sp³-hybridized carbons (Fsp3) is 0.188. The lowest BCUT2D eigenvalue weighted by Gasteiger charge is -2.26. The molecule has 0 spiro atoms. The van der Waals surface area contributed by atoms with E-state index >= 15 is 0 Å². The Bertz CT molecular complexity index is 597. The minimum atomic E-state index is 0.635. The molecule has 0 fully saturated rings. The Morgan fingerprint density at radius 3 is 2.70 bits per heavy atom. The Hall–Kier alpha value is -1.51. The number of halogens is 2. The third-order valence-electron chi connectivity index (χ3n) is 2.81. The molecule has 2 aromatic rings. The van der Waals surface area contributed by atoms with Crippen LogP contribution in [0.1, 0.15) is 12.5 Å². The first-order chi connectivity index (χ1) is 9.56. The molecular formula is C16H16Cl2N2. The van der Waals surface area contributed by atoms with Gasteiger partial charge in [-0.05, 0) is 36.8 Å². The largest absolute Gasteiger partial charge is 0.362 e. The second-order valence-corrected chi connectivity index (χ2v) is 5.61. The number of pyridine rings is 1. The van der Waals surface area contributed by atoms with Crippen LogP contribution in [0.3, 0.4) is 0 Å². The van der Waals surface area contributed by atoms with E-state index in [4.69, 9.17) is 23.2 Å². The first kappa shape index (κ1) is 14.9. The number of benzene rings is 1. The molecule has 0 saturated heterocycles. The van der Waals surface area contributed by atoms with Gasteiger partial charge in [0.1, 0.15) is 0 Å². The topological polar surface area (TPSA) is 16.1 Å². The lowest BCUT2D eigenvalue weighted by atomic mass is 10.2. The fourth-order valence-corrected chi connectivity index (χ4v) is 2.53. The monoisotopic (exact) mass is 306 g/mol. The molecule has 0 amide bonds. The van der Waals surface area contributed by atoms with Crippen LogP contribution < -0.4 is 4.90 Å². The van der Waals surface area contributed by atoms with Crippen LogP contribution in [0, 0.1) is 0 Å². The summed E-state index contributed by atoms with van der Waals surface area (Å²) in [5.74, 6) is 0. The second-order valence-electron chi connectivity index (χ2n) is 4.77. The maximum atomic E-state index is 6.30. The van der Waals surface area contributed by atoms with Gasteiger partial charge in [0.2, 0.25) is 0 Å². The lowest BCUT2D eigenvalue weighted by molar-refractivity contribution is 0.841. The number of hydrogen-bond donors (Lipinski definition) is 0. The summed E-state index contributed by atoms with van der Waals surface area (Å²) in [6.45, 7) is 7.44. The van der Waals surface area contributed by atoms with Crippen LogP contribution in [-0.2, 0) is 6.54 Å². The molecule has 0 atom stereocenters. The van der Waals surface area contributed by atoms with Crippen molar-refractivity contribution < 1.29 is 0 Å². The van der Waals surface area contributed by atoms with Gasteiger partial charge in [-0.1, -0.05) is 41.4 Å². The molecule has 1 heterocycles. The highest BCUT2D eigenvalue weighted by molar-refractivity contribution is 6.36. The molecule has 4 heteroatoms. The number of anilines is 1. The molecule has 0 aliphatic rings. The minimum absolute atomic E-state index is 0.635. The number of aromatic nitrogens is 1. The summed E-state index contributed by atoms with van der Waals surface area (Å²) in [5, 5.41) is 1.28. The first-order valence-electron chi connectivity index (χ1n) is 6.29. The summed E-state index contributed by atoms with van der Waals surface area (Å²) in [7, 11) is 0. The third-order valence-corrected chi connectivity index (χ3v) is 3.35. The van der Waals surface area contributed by atoms with E-state index in [1.54, 1.807) is 12.3 Å². The summed E-state index contributed by atoms with van der Waals surface area (Å²) in [6, 6.07) is 9.51. The van der Waals surface area contributed by atoms with Crippen LogP contribution in [0.15, 0.2) is 54.9 Å². The fourth-order valence-electron chi connectivity index (χ4n) is 2.00. The Morgan fingerprint density at radius 1 is 1.30 bits per heavy atom. The van der Waals surface area contributed by atoms with Crippen molar-refractivity contribution in [2.24, 2.45) is 0 Å². The van der Waals surface area contributed by atoms with Crippen LogP contribution in [0.5, 0.6) is 0 Å². The quantitative estimate of drug-likeness (QED) is 0.725. The van der Waals surface area contributed by atoms with E-state index in [0.29, 0.717) is 10.0 Å². The summed E-state index contributed by atoms with van der Waals surface area (Å²) < 4.78 is 0. The molecule has 20 heavy (non-hydrogen) atoms. The van der Waals surface area contributed by atoms with Crippen molar-refractivity contribution in [3.63, 3.8) is 0 Å². The van der Waals surface area contributed by atoms with Crippen molar-refractivity contribution in [3.05, 3.63) is 70.5 Å². The van der Waals surface area contributed by atoms with Crippen LogP contribution in [0.4, 0.5) is 5.69 Å². The van der Waals surface area contributed by atoms with Crippen LogP contribution >= 0.6 is 23.2 Å². The molecule has 0 aliphatic carbocycles. The molecule has 2 nitrogen and oxygen atoms in total. The molecule has 0 unspecified atom stereocenters. The van der Waals surface area contributed by atoms with Crippen LogP contribution in [0.2, 0.25) is 10.0 Å². The van der Waals surface area contributed by atoms with Crippen molar-refractivity contribution in [2.45, 2.75) is 13.5 Å². The average molecular weight is 307 g/mol. The zero-order valence-corrected chi connectivity index (χ0v) is 12.8. The van der Waals surface area contributed by atoms with Crippen molar-refractivity contribution >= 4 is 28.9 Å². The first-order valence-corrected chi connectivity index (χ1v) is 7.05. The summed E-state index contributed by atoms with van der Waals surface area (Å²) in [5.41, 5.74) is 3.14. The zero-order valence-electron chi connectivity index (χ0n) is 11.3. The third kappa shape index (κ3) is 3.99. The van der Waals surface area contributed by atoms with E-state index in [2.05, 4.69) is 16.5 Å². The predicted octanol–water partition coefficient (Wildman–Crippen LogP) is 4.97. The highest BCUT2D eigenvalue weighted by Crippen LogP contribution is 2.30. The SMILES string of the molecule is C=C(C)CN(Cc1cccnc1)c1ccc(Cl)cc1Cl. The predicted molar refractivity (Wildman–Crippen MR) is 86.6 cm³/mol. The van der Waals surface area contributed by atoms with Gasteiger partial charge in [0.15, 0.2) is 0 Å². The molecule has 0 aliphatic heterocycles. The Labute approximate surface area is 129 Å². The van der Waals surface area contributed by atoms with Gasteiger partial charge in [-0.25, -0.2) is 0 Å². The molecule has 0 bridgehead atoms. The lowest BCUT2D eigenvalue weighted by Crippen LogP contribution is -2.24. The molecule has 104 valence electrons. The summed E-state index contributed by atoms with van der Waals surface area (Å²) in [6.07, 6.45) is 3.62. The van der Waals surface area contributed by atoms with Gasteiger partial charge in [0, 0.05) is 30.5 Å². The van der Waals surface area contributed by atoms with Gasteiger partial charge in [0.05, 0.1) is 10.7 Å². The van der Waals surface area contributed by atoms with Gasteiger partial charge in [-0.3, -0.25) is 4.98 Å². The van der Waals surface area contributed by atoms with E-state index < -0.39 is 0 Å². The maximum absolute atomic E-state index is 6.30. The van der Waals surface area contributed by atoms with E-state index in [0.717, 1.165) is 29.9 Å². The molecule has 2 rings (SSSR count). The highest BCUT2D eigenvalue weighted by atomic mass is 35.5. The Morgan fingerprint density at radius 2 is 2.10 bits per heavy atom. The van der Waals surface area contributed by atoms with Crippen LogP contribution in [-0.4, -0.2) is 11.5 Å². The maximum Gasteiger partial charge on any atom is 0.0654 e. The van der Waals surface area contributed by atoms with E-state index in [1.165, 1.54) is 0 Å². The molecule has 1 aromatic carbocycles. The van der Waals surface area contributed by atoms with Crippen molar-refractivity contribution in [2.75, 3.05) is 11.4 Å². The normalized spacial score (nSPS) is 10.3. The van der Waals surface area contributed by atoms with Gasteiger partial charge in [-0.15, -0.1) is 0 Å². The summed E-state index contributed by atoms with van der Waals surface area (Å²) >= 11 is 12.3.